The van der Waals surface area contributed by atoms with Crippen molar-refractivity contribution in [3.05, 3.63) is 24.3 Å². The van der Waals surface area contributed by atoms with Crippen LogP contribution in [0.1, 0.15) is 26.7 Å². The molecule has 0 radical (unpaired) electrons. The molecule has 0 spiro atoms. The Balaban J connectivity index is 2.43. The van der Waals surface area contributed by atoms with E-state index < -0.39 is 10.0 Å². The van der Waals surface area contributed by atoms with E-state index in [2.05, 4.69) is 28.8 Å². The van der Waals surface area contributed by atoms with Gasteiger partial charge >= 0.3 is 0 Å². The van der Waals surface area contributed by atoms with E-state index in [4.69, 9.17) is 0 Å². The number of benzene rings is 1. The summed E-state index contributed by atoms with van der Waals surface area (Å²) >= 11 is 0. The maximum atomic E-state index is 12.3. The van der Waals surface area contributed by atoms with E-state index in [-0.39, 0.29) is 0 Å². The molecule has 118 valence electrons. The molecule has 21 heavy (non-hydrogen) atoms. The summed E-state index contributed by atoms with van der Waals surface area (Å²) in [5.41, 5.74) is 0.804. The van der Waals surface area contributed by atoms with Gasteiger partial charge in [-0.25, -0.2) is 13.1 Å². The third kappa shape index (κ3) is 3.39. The molecule has 0 aliphatic carbocycles. The number of nitrogens with one attached hydrogen (secondary N) is 2. The molecule has 1 aliphatic rings. The molecule has 2 N–H and O–H groups in total. The Kier molecular flexibility index (Phi) is 5.24. The molecule has 0 amide bonds. The highest BCUT2D eigenvalue weighted by Gasteiger charge is 2.29. The van der Waals surface area contributed by atoms with Crippen molar-refractivity contribution >= 4 is 15.7 Å². The van der Waals surface area contributed by atoms with E-state index >= 15 is 0 Å². The van der Waals surface area contributed by atoms with Crippen LogP contribution in [0.4, 0.5) is 5.69 Å². The van der Waals surface area contributed by atoms with Gasteiger partial charge in [-0.15, -0.1) is 0 Å². The first-order valence-corrected chi connectivity index (χ1v) is 9.04. The normalized spacial score (nSPS) is 23.3. The molecule has 5 nitrogen and oxygen atoms in total. The molecule has 1 aromatic carbocycles. The van der Waals surface area contributed by atoms with Gasteiger partial charge < -0.3 is 10.2 Å². The molecule has 0 saturated carbocycles. The summed E-state index contributed by atoms with van der Waals surface area (Å²) in [4.78, 5) is 2.61. The smallest absolute Gasteiger partial charge is 0.242 e. The molecule has 2 atom stereocenters. The van der Waals surface area contributed by atoms with Crippen molar-refractivity contribution in [1.29, 1.82) is 0 Å². The van der Waals surface area contributed by atoms with Crippen LogP contribution in [0.15, 0.2) is 29.2 Å². The maximum Gasteiger partial charge on any atom is 0.242 e. The predicted octanol–water partition coefficient (Wildman–Crippen LogP) is 1.56. The highest BCUT2D eigenvalue weighted by Crippen LogP contribution is 2.29. The molecule has 1 fully saturated rings. The molecule has 1 aromatic rings. The first-order chi connectivity index (χ1) is 10.0. The van der Waals surface area contributed by atoms with Gasteiger partial charge in [0.2, 0.25) is 10.0 Å². The van der Waals surface area contributed by atoms with Gasteiger partial charge in [-0.3, -0.25) is 0 Å². The van der Waals surface area contributed by atoms with Gasteiger partial charge in [0, 0.05) is 25.2 Å². The van der Waals surface area contributed by atoms with E-state index in [0.29, 0.717) is 17.0 Å². The van der Waals surface area contributed by atoms with Crippen LogP contribution in [0.2, 0.25) is 0 Å². The average Bonchev–Trinajstić information content (AvgIpc) is 2.54. The van der Waals surface area contributed by atoms with Crippen molar-refractivity contribution in [3.63, 3.8) is 0 Å². The standard InChI is InChI=1S/C15H25N3O2S/c1-4-12-11-18(13(5-2)10-17-12)14-8-6-7-9-15(14)21(19,20)16-3/h6-9,12-13,16-17H,4-5,10-11H2,1-3H3. The second-order valence-corrected chi connectivity index (χ2v) is 7.26. The lowest BCUT2D eigenvalue weighted by Crippen LogP contribution is -2.56. The number of nitrogens with zero attached hydrogens (tertiary/aromatic N) is 1. The maximum absolute atomic E-state index is 12.3. The summed E-state index contributed by atoms with van der Waals surface area (Å²) in [6.07, 6.45) is 2.02. The highest BCUT2D eigenvalue weighted by molar-refractivity contribution is 7.89. The quantitative estimate of drug-likeness (QED) is 0.866. The van der Waals surface area contributed by atoms with Gasteiger partial charge in [0.1, 0.15) is 4.90 Å². The SMILES string of the molecule is CCC1CN(c2ccccc2S(=O)(=O)NC)C(CC)CN1. The number of sulfonamides is 1. The van der Waals surface area contributed by atoms with Crippen molar-refractivity contribution in [3.8, 4) is 0 Å². The van der Waals surface area contributed by atoms with Crippen molar-refractivity contribution in [2.24, 2.45) is 0 Å². The third-order valence-electron chi connectivity index (χ3n) is 4.20. The second-order valence-electron chi connectivity index (χ2n) is 5.40. The summed E-state index contributed by atoms with van der Waals surface area (Å²) in [5.74, 6) is 0. The van der Waals surface area contributed by atoms with E-state index in [1.807, 2.05) is 12.1 Å². The Morgan fingerprint density at radius 1 is 1.29 bits per heavy atom. The molecule has 6 heteroatoms. The Morgan fingerprint density at radius 3 is 2.62 bits per heavy atom. The van der Waals surface area contributed by atoms with Crippen LogP contribution in [-0.4, -0.2) is 40.6 Å². The fraction of sp³-hybridized carbons (Fsp3) is 0.600. The Bertz CT molecular complexity index is 574. The number of para-hydroxylation sites is 1. The Morgan fingerprint density at radius 2 is 2.00 bits per heavy atom. The van der Waals surface area contributed by atoms with E-state index in [1.165, 1.54) is 7.05 Å². The first kappa shape index (κ1) is 16.3. The van der Waals surface area contributed by atoms with Crippen molar-refractivity contribution in [1.82, 2.24) is 10.0 Å². The van der Waals surface area contributed by atoms with Crippen LogP contribution in [0, 0.1) is 0 Å². The molecular formula is C15H25N3O2S. The Labute approximate surface area is 127 Å². The molecule has 1 saturated heterocycles. The van der Waals surface area contributed by atoms with Crippen LogP contribution >= 0.6 is 0 Å². The highest BCUT2D eigenvalue weighted by atomic mass is 32.2. The zero-order valence-corrected chi connectivity index (χ0v) is 13.8. The van der Waals surface area contributed by atoms with E-state index in [1.54, 1.807) is 12.1 Å². The fourth-order valence-electron chi connectivity index (χ4n) is 2.83. The van der Waals surface area contributed by atoms with Crippen LogP contribution in [0.3, 0.4) is 0 Å². The van der Waals surface area contributed by atoms with Crippen molar-refractivity contribution < 1.29 is 8.42 Å². The molecule has 2 unspecified atom stereocenters. The second kappa shape index (κ2) is 6.77. The minimum Gasteiger partial charge on any atom is -0.365 e. The molecular weight excluding hydrogens is 286 g/mol. The number of rotatable bonds is 5. The van der Waals surface area contributed by atoms with Gasteiger partial charge in [0.05, 0.1) is 5.69 Å². The van der Waals surface area contributed by atoms with Crippen molar-refractivity contribution in [2.75, 3.05) is 25.0 Å². The van der Waals surface area contributed by atoms with Gasteiger partial charge in [-0.05, 0) is 32.0 Å². The zero-order chi connectivity index (χ0) is 15.5. The van der Waals surface area contributed by atoms with E-state index in [9.17, 15) is 8.42 Å². The average molecular weight is 311 g/mol. The summed E-state index contributed by atoms with van der Waals surface area (Å²) in [6, 6.07) is 7.98. The molecule has 1 aliphatic heterocycles. The number of hydrogen-bond donors (Lipinski definition) is 2. The lowest BCUT2D eigenvalue weighted by atomic mass is 10.0. The summed E-state index contributed by atoms with van der Waals surface area (Å²) in [5, 5.41) is 3.53. The predicted molar refractivity (Wildman–Crippen MR) is 86.2 cm³/mol. The Hall–Kier alpha value is -1.11. The largest absolute Gasteiger partial charge is 0.365 e. The van der Waals surface area contributed by atoms with Crippen LogP contribution in [0.25, 0.3) is 0 Å². The summed E-state index contributed by atoms with van der Waals surface area (Å²) < 4.78 is 26.9. The van der Waals surface area contributed by atoms with Crippen molar-refractivity contribution in [2.45, 2.75) is 43.7 Å². The van der Waals surface area contributed by atoms with Crippen LogP contribution < -0.4 is 14.9 Å². The minimum absolute atomic E-state index is 0.320. The first-order valence-electron chi connectivity index (χ1n) is 7.56. The molecule has 0 bridgehead atoms. The lowest BCUT2D eigenvalue weighted by Gasteiger charge is -2.42. The topological polar surface area (TPSA) is 61.4 Å². The lowest BCUT2D eigenvalue weighted by molar-refractivity contribution is 0.377. The van der Waals surface area contributed by atoms with Gasteiger partial charge in [0.25, 0.3) is 0 Å². The molecule has 1 heterocycles. The van der Waals surface area contributed by atoms with Crippen LogP contribution in [0.5, 0.6) is 0 Å². The zero-order valence-electron chi connectivity index (χ0n) is 13.0. The number of anilines is 1. The molecule has 0 aromatic heterocycles. The number of piperazine rings is 1. The number of hydrogen-bond acceptors (Lipinski definition) is 4. The molecule has 2 rings (SSSR count). The van der Waals surface area contributed by atoms with E-state index in [0.717, 1.165) is 31.6 Å². The third-order valence-corrected chi connectivity index (χ3v) is 5.66. The minimum atomic E-state index is -3.45. The summed E-state index contributed by atoms with van der Waals surface area (Å²) in [7, 11) is -1.99. The van der Waals surface area contributed by atoms with Gasteiger partial charge in [-0.2, -0.15) is 0 Å². The summed E-state index contributed by atoms with van der Waals surface area (Å²) in [6.45, 7) is 6.02. The monoisotopic (exact) mass is 311 g/mol. The van der Waals surface area contributed by atoms with Gasteiger partial charge in [-0.1, -0.05) is 26.0 Å². The van der Waals surface area contributed by atoms with Gasteiger partial charge in [0.15, 0.2) is 0 Å². The fourth-order valence-corrected chi connectivity index (χ4v) is 3.77. The van der Waals surface area contributed by atoms with Crippen LogP contribution in [-0.2, 0) is 10.0 Å².